The van der Waals surface area contributed by atoms with Gasteiger partial charge in [-0.1, -0.05) is 479 Å². The number of rotatable bonds is 11. The molecule has 0 spiro atoms. The zero-order valence-electron chi connectivity index (χ0n) is 79.0. The van der Waals surface area contributed by atoms with Crippen molar-refractivity contribution in [1.29, 1.82) is 0 Å². The van der Waals surface area contributed by atoms with Crippen LogP contribution in [0.25, 0.3) is 296 Å². The van der Waals surface area contributed by atoms with Crippen molar-refractivity contribution in [2.24, 2.45) is 0 Å². The molecule has 0 aliphatic carbocycles. The lowest BCUT2D eigenvalue weighted by Gasteiger charge is -2.21. The quantitative estimate of drug-likeness (QED) is 0.0957. The van der Waals surface area contributed by atoms with Crippen molar-refractivity contribution in [1.82, 2.24) is 0 Å². The second kappa shape index (κ2) is 35.1. The third-order valence-corrected chi connectivity index (χ3v) is 30.0. The van der Waals surface area contributed by atoms with Gasteiger partial charge in [0.05, 0.1) is 0 Å². The number of hydrogen-bond donors (Lipinski definition) is 0. The Bertz CT molecular complexity index is 10300. The number of hydrogen-bond acceptors (Lipinski definition) is 3. The van der Waals surface area contributed by atoms with E-state index >= 15 is 0 Å². The average Bonchev–Trinajstić information content (AvgIpc) is 1.71. The van der Waals surface area contributed by atoms with Crippen LogP contribution in [0.5, 0.6) is 0 Å². The maximum atomic E-state index is 6.84. The van der Waals surface area contributed by atoms with Crippen LogP contribution in [0, 0.1) is 0 Å². The Labute approximate surface area is 836 Å². The van der Waals surface area contributed by atoms with Crippen LogP contribution < -0.4 is 0 Å². The van der Waals surface area contributed by atoms with Crippen molar-refractivity contribution in [2.45, 2.75) is 0 Å². The first kappa shape index (κ1) is 84.0. The van der Waals surface area contributed by atoms with Gasteiger partial charge in [0.15, 0.2) is 0 Å². The molecule has 0 aliphatic heterocycles. The molecule has 0 bridgehead atoms. The molecule has 0 radical (unpaired) electrons. The SMILES string of the molecule is c1ccc(-c2c(-c3c4ccccc4c(-c4ccc(-c5ccccc5)c5c4oc4ccccc45)c4ccccc34)ccc3ccccc23)cc1.c1ccc(-c2cc(-c3c4ccccc4c(-c4cc5ccccc5c5ccccc45)c4ccccc34)c3oc4ccccc4c3c2)cc1.c1ccc(-c2cc(-c3c4ccccc4c(-c4ccc(-c5ccccc5)c5ccccc45)c4ccccc34)c3oc4ccccc4c3c2)cc1. The van der Waals surface area contributed by atoms with Crippen LogP contribution in [-0.2, 0) is 0 Å². The van der Waals surface area contributed by atoms with Gasteiger partial charge in [0.25, 0.3) is 0 Å². The van der Waals surface area contributed by atoms with Crippen LogP contribution in [0.3, 0.4) is 0 Å². The number of para-hydroxylation sites is 3. The third-order valence-electron chi connectivity index (χ3n) is 30.0. The molecule has 145 heavy (non-hydrogen) atoms. The van der Waals surface area contributed by atoms with E-state index in [1.165, 1.54) is 213 Å². The second-order valence-corrected chi connectivity index (χ2v) is 37.9. The predicted molar refractivity (Wildman–Crippen MR) is 616 cm³/mol. The molecule has 674 valence electrons. The van der Waals surface area contributed by atoms with E-state index < -0.39 is 0 Å². The Balaban J connectivity index is 0.000000106. The van der Waals surface area contributed by atoms with Crippen LogP contribution in [-0.4, -0.2) is 0 Å². The smallest absolute Gasteiger partial charge is 0.143 e. The molecule has 0 saturated heterocycles. The molecule has 0 saturated carbocycles. The molecule has 3 aromatic heterocycles. The van der Waals surface area contributed by atoms with Gasteiger partial charge in [0.2, 0.25) is 0 Å². The van der Waals surface area contributed by atoms with Crippen LogP contribution in [0.2, 0.25) is 0 Å². The molecule has 30 aromatic rings. The average molecular weight is 1840 g/mol. The zero-order valence-corrected chi connectivity index (χ0v) is 79.0. The van der Waals surface area contributed by atoms with E-state index in [2.05, 4.69) is 534 Å². The summed E-state index contributed by atoms with van der Waals surface area (Å²) in [7, 11) is 0. The summed E-state index contributed by atoms with van der Waals surface area (Å²) in [6, 6.07) is 193. The van der Waals surface area contributed by atoms with Gasteiger partial charge in [-0.2, -0.15) is 0 Å². The molecule has 0 fully saturated rings. The fourth-order valence-corrected chi connectivity index (χ4v) is 23.7. The highest BCUT2D eigenvalue weighted by Crippen LogP contribution is 2.56. The second-order valence-electron chi connectivity index (χ2n) is 37.9. The maximum Gasteiger partial charge on any atom is 0.143 e. The summed E-state index contributed by atoms with van der Waals surface area (Å²) in [6.07, 6.45) is 0. The molecule has 30 rings (SSSR count). The predicted octanol–water partition coefficient (Wildman–Crippen LogP) is 40.6. The maximum absolute atomic E-state index is 6.84. The minimum atomic E-state index is 0.899. The molecule has 0 unspecified atom stereocenters. The Morgan fingerprint density at radius 1 is 0.103 bits per heavy atom. The number of benzene rings is 27. The topological polar surface area (TPSA) is 39.4 Å². The summed E-state index contributed by atoms with van der Waals surface area (Å²) < 4.78 is 20.3. The largest absolute Gasteiger partial charge is 0.455 e. The molecule has 3 heterocycles. The van der Waals surface area contributed by atoms with Crippen molar-refractivity contribution in [3.8, 4) is 122 Å². The molecule has 3 nitrogen and oxygen atoms in total. The van der Waals surface area contributed by atoms with Gasteiger partial charge in [0, 0.05) is 65.7 Å². The van der Waals surface area contributed by atoms with Crippen molar-refractivity contribution < 1.29 is 13.3 Å². The Kier molecular flexibility index (Phi) is 20.3. The van der Waals surface area contributed by atoms with Gasteiger partial charge in [-0.05, 0) is 251 Å². The summed E-state index contributed by atoms with van der Waals surface area (Å²) in [5.74, 6) is 0. The lowest BCUT2D eigenvalue weighted by molar-refractivity contribution is 0.670. The van der Waals surface area contributed by atoms with Crippen molar-refractivity contribution in [2.75, 3.05) is 0 Å². The van der Waals surface area contributed by atoms with E-state index in [9.17, 15) is 0 Å². The normalized spacial score (nSPS) is 11.7. The Morgan fingerprint density at radius 2 is 0.372 bits per heavy atom. The lowest BCUT2D eigenvalue weighted by atomic mass is 9.82. The Morgan fingerprint density at radius 3 is 0.814 bits per heavy atom. The molecular weight excluding hydrogens is 1750 g/mol. The zero-order chi connectivity index (χ0) is 95.5. The van der Waals surface area contributed by atoms with Gasteiger partial charge >= 0.3 is 0 Å². The summed E-state index contributed by atoms with van der Waals surface area (Å²) in [6.45, 7) is 0. The summed E-state index contributed by atoms with van der Waals surface area (Å²) >= 11 is 0. The first-order chi connectivity index (χ1) is 72.0. The minimum absolute atomic E-state index is 0.899. The molecule has 3 heteroatoms. The number of furan rings is 3. The molecule has 0 aliphatic rings. The number of fused-ring (bicyclic) bond motifs is 20. The van der Waals surface area contributed by atoms with Gasteiger partial charge < -0.3 is 13.3 Å². The lowest BCUT2D eigenvalue weighted by Crippen LogP contribution is -1.94. The van der Waals surface area contributed by atoms with Crippen LogP contribution >= 0.6 is 0 Å². The van der Waals surface area contributed by atoms with Gasteiger partial charge in [-0.15, -0.1) is 0 Å². The van der Waals surface area contributed by atoms with E-state index in [4.69, 9.17) is 13.3 Å². The van der Waals surface area contributed by atoms with E-state index in [1.807, 2.05) is 0 Å². The van der Waals surface area contributed by atoms with Crippen LogP contribution in [0.15, 0.2) is 547 Å². The summed E-state index contributed by atoms with van der Waals surface area (Å²) in [4.78, 5) is 0. The van der Waals surface area contributed by atoms with Crippen LogP contribution in [0.4, 0.5) is 0 Å². The van der Waals surface area contributed by atoms with Gasteiger partial charge in [-0.3, -0.25) is 0 Å². The first-order valence-electron chi connectivity index (χ1n) is 49.9. The van der Waals surface area contributed by atoms with E-state index in [0.717, 1.165) is 82.5 Å². The van der Waals surface area contributed by atoms with E-state index in [1.54, 1.807) is 0 Å². The first-order valence-corrected chi connectivity index (χ1v) is 49.9. The van der Waals surface area contributed by atoms with E-state index in [0.29, 0.717) is 0 Å². The third kappa shape index (κ3) is 14.0. The highest BCUT2D eigenvalue weighted by Gasteiger charge is 2.30. The fourth-order valence-electron chi connectivity index (χ4n) is 23.7. The van der Waals surface area contributed by atoms with E-state index in [-0.39, 0.29) is 0 Å². The van der Waals surface area contributed by atoms with Gasteiger partial charge in [0.1, 0.15) is 33.5 Å². The molecule has 27 aromatic carbocycles. The summed E-state index contributed by atoms with van der Waals surface area (Å²) in [5.41, 5.74) is 31.9. The molecule has 0 amide bonds. The van der Waals surface area contributed by atoms with Crippen molar-refractivity contribution in [3.63, 3.8) is 0 Å². The standard InChI is InChI=1S/2C48H30O.C46H28O/c1-3-15-31(16-4-1)35-29-30-42(48-47(35)40-25-13-14-26-43(40)49-48)46-38-23-11-9-21-36(38)45(37-22-10-12-24-39(37)46)41-28-27-32-17-7-8-20-34(32)44(41)33-18-5-2-6-19-33;1-3-15-31(16-4-1)33-29-43-37-21-13-14-26-45(37)49-48(43)44(30-33)47-40-24-11-9-22-38(40)46(39-23-10-12-25-41(39)47)42-28-27-34(32-17-5-2-6-18-32)35-19-7-8-20-36(35)42;1-2-14-29(15-3-1)31-27-41-35-20-12-13-25-43(35)47-46(41)42(28-31)45-38-23-10-8-21-36(38)44(37-22-9-11-24-39(37)45)40-26-30-16-4-5-17-32(30)33-18-6-7-19-34(33)40/h2*1-30H;1-28H. The highest BCUT2D eigenvalue weighted by molar-refractivity contribution is 6.32. The van der Waals surface area contributed by atoms with Crippen LogP contribution in [0.1, 0.15) is 0 Å². The van der Waals surface area contributed by atoms with Crippen molar-refractivity contribution >= 4 is 174 Å². The van der Waals surface area contributed by atoms with Gasteiger partial charge in [-0.25, -0.2) is 0 Å². The fraction of sp³-hybridized carbons (Fsp3) is 0. The van der Waals surface area contributed by atoms with Crippen molar-refractivity contribution in [3.05, 3.63) is 534 Å². The summed E-state index contributed by atoms with van der Waals surface area (Å²) in [5, 5.41) is 31.5. The Hall–Kier alpha value is -19.1. The molecular formula is C142H88O3. The monoisotopic (exact) mass is 1840 g/mol. The molecule has 0 N–H and O–H groups in total. The minimum Gasteiger partial charge on any atom is -0.455 e. The molecule has 0 atom stereocenters. The highest BCUT2D eigenvalue weighted by atomic mass is 16.3.